The molecule has 1 aromatic rings. The molecule has 0 aliphatic carbocycles. The molecule has 0 bridgehead atoms. The molecule has 0 saturated carbocycles. The fraction of sp³-hybridized carbons (Fsp3) is 0.286. The van der Waals surface area contributed by atoms with Gasteiger partial charge in [-0.05, 0) is 31.4 Å². The summed E-state index contributed by atoms with van der Waals surface area (Å²) in [4.78, 5) is 25.2. The van der Waals surface area contributed by atoms with Crippen LogP contribution in [0.2, 0.25) is 0 Å². The molecule has 2 rings (SSSR count). The molecule has 1 heterocycles. The van der Waals surface area contributed by atoms with Crippen molar-refractivity contribution < 1.29 is 9.59 Å². The van der Waals surface area contributed by atoms with Crippen LogP contribution in [0.15, 0.2) is 30.9 Å². The molecule has 0 aromatic heterocycles. The number of allylic oxidation sites excluding steroid dienone is 1. The summed E-state index contributed by atoms with van der Waals surface area (Å²) in [6.07, 6.45) is 3.50. The highest BCUT2D eigenvalue weighted by Gasteiger charge is 2.35. The molecular formula is C14H15NO2. The number of carbonyl (C=O) groups excluding carboxylic acids is 2. The summed E-state index contributed by atoms with van der Waals surface area (Å²) in [7, 11) is 0. The first kappa shape index (κ1) is 11.6. The third-order valence-electron chi connectivity index (χ3n) is 2.98. The van der Waals surface area contributed by atoms with Gasteiger partial charge in [0, 0.05) is 6.54 Å². The van der Waals surface area contributed by atoms with Gasteiger partial charge in [-0.2, -0.15) is 0 Å². The number of hydrogen-bond donors (Lipinski definition) is 0. The first-order chi connectivity index (χ1) is 8.16. The smallest absolute Gasteiger partial charge is 0.299 e. The number of rotatable bonds is 4. The number of benzene rings is 1. The van der Waals surface area contributed by atoms with Gasteiger partial charge in [-0.1, -0.05) is 18.2 Å². The number of carbonyl (C=O) groups is 2. The van der Waals surface area contributed by atoms with Crippen LogP contribution >= 0.6 is 0 Å². The summed E-state index contributed by atoms with van der Waals surface area (Å²) in [5, 5.41) is 0. The van der Waals surface area contributed by atoms with Gasteiger partial charge >= 0.3 is 0 Å². The van der Waals surface area contributed by atoms with E-state index in [0.29, 0.717) is 12.1 Å². The lowest BCUT2D eigenvalue weighted by Gasteiger charge is -2.17. The van der Waals surface area contributed by atoms with Gasteiger partial charge in [-0.25, -0.2) is 0 Å². The first-order valence-corrected chi connectivity index (χ1v) is 5.73. The second-order valence-corrected chi connectivity index (χ2v) is 4.19. The Hall–Kier alpha value is -1.90. The molecule has 0 saturated heterocycles. The number of fused-ring (bicyclic) bond motifs is 1. The molecule has 1 aromatic carbocycles. The van der Waals surface area contributed by atoms with Crippen molar-refractivity contribution in [1.82, 2.24) is 0 Å². The molecule has 3 nitrogen and oxygen atoms in total. The van der Waals surface area contributed by atoms with Crippen LogP contribution in [0, 0.1) is 6.92 Å². The number of aryl methyl sites for hydroxylation is 1. The summed E-state index contributed by atoms with van der Waals surface area (Å²) in [5.41, 5.74) is 2.29. The van der Waals surface area contributed by atoms with E-state index in [9.17, 15) is 9.59 Å². The van der Waals surface area contributed by atoms with Crippen LogP contribution in [0.25, 0.3) is 0 Å². The maximum absolute atomic E-state index is 11.9. The molecule has 1 aliphatic heterocycles. The van der Waals surface area contributed by atoms with Crippen molar-refractivity contribution in [2.45, 2.75) is 19.8 Å². The Balaban J connectivity index is 2.33. The molecule has 88 valence electrons. The van der Waals surface area contributed by atoms with Crippen molar-refractivity contribution in [2.24, 2.45) is 0 Å². The number of ketones is 1. The van der Waals surface area contributed by atoms with Crippen molar-refractivity contribution in [1.29, 1.82) is 0 Å². The van der Waals surface area contributed by atoms with E-state index in [4.69, 9.17) is 0 Å². The molecule has 0 fully saturated rings. The van der Waals surface area contributed by atoms with Gasteiger partial charge in [-0.15, -0.1) is 6.58 Å². The van der Waals surface area contributed by atoms with E-state index in [1.807, 2.05) is 25.1 Å². The van der Waals surface area contributed by atoms with Gasteiger partial charge in [-0.3, -0.25) is 9.59 Å². The van der Waals surface area contributed by atoms with Gasteiger partial charge < -0.3 is 4.90 Å². The average Bonchev–Trinajstić information content (AvgIpc) is 2.56. The number of para-hydroxylation sites is 1. The molecule has 1 amide bonds. The zero-order valence-electron chi connectivity index (χ0n) is 9.90. The Morgan fingerprint density at radius 3 is 2.82 bits per heavy atom. The summed E-state index contributed by atoms with van der Waals surface area (Å²) in [6.45, 7) is 6.15. The predicted octanol–water partition coefficient (Wildman–Crippen LogP) is 2.49. The highest BCUT2D eigenvalue weighted by molar-refractivity contribution is 6.52. The number of unbranched alkanes of at least 4 members (excludes halogenated alkanes) is 1. The Morgan fingerprint density at radius 1 is 1.35 bits per heavy atom. The van der Waals surface area contributed by atoms with Crippen molar-refractivity contribution in [3.8, 4) is 0 Å². The number of nitrogens with zero attached hydrogens (tertiary/aromatic N) is 1. The van der Waals surface area contributed by atoms with Gasteiger partial charge in [0.15, 0.2) is 0 Å². The quantitative estimate of drug-likeness (QED) is 0.452. The highest BCUT2D eigenvalue weighted by Crippen LogP contribution is 2.32. The third kappa shape index (κ3) is 1.88. The van der Waals surface area contributed by atoms with Crippen LogP contribution in [0.1, 0.15) is 28.8 Å². The van der Waals surface area contributed by atoms with E-state index in [0.717, 1.165) is 24.1 Å². The maximum Gasteiger partial charge on any atom is 0.299 e. The number of anilines is 1. The largest absolute Gasteiger partial charge is 0.304 e. The number of Topliss-reactive ketones (excluding diaryl/α,β-unsaturated/α-hetero) is 1. The number of amides is 1. The van der Waals surface area contributed by atoms with Crippen molar-refractivity contribution in [3.63, 3.8) is 0 Å². The van der Waals surface area contributed by atoms with E-state index >= 15 is 0 Å². The van der Waals surface area contributed by atoms with E-state index in [1.165, 1.54) is 0 Å². The van der Waals surface area contributed by atoms with Crippen molar-refractivity contribution in [2.75, 3.05) is 11.4 Å². The molecule has 0 spiro atoms. The summed E-state index contributed by atoms with van der Waals surface area (Å²) in [6, 6.07) is 5.45. The Labute approximate surface area is 101 Å². The van der Waals surface area contributed by atoms with Crippen molar-refractivity contribution >= 4 is 17.4 Å². The second-order valence-electron chi connectivity index (χ2n) is 4.19. The Bertz CT molecular complexity index is 491. The fourth-order valence-electron chi connectivity index (χ4n) is 2.15. The van der Waals surface area contributed by atoms with Crippen molar-refractivity contribution in [3.05, 3.63) is 42.0 Å². The molecule has 3 heteroatoms. The van der Waals surface area contributed by atoms with Crippen LogP contribution in [0.4, 0.5) is 5.69 Å². The zero-order chi connectivity index (χ0) is 12.4. The summed E-state index contributed by atoms with van der Waals surface area (Å²) < 4.78 is 0. The topological polar surface area (TPSA) is 37.4 Å². The van der Waals surface area contributed by atoms with E-state index in [1.54, 1.807) is 11.0 Å². The van der Waals surface area contributed by atoms with Gasteiger partial charge in [0.25, 0.3) is 11.7 Å². The van der Waals surface area contributed by atoms with Crippen LogP contribution in [0.3, 0.4) is 0 Å². The van der Waals surface area contributed by atoms with Crippen LogP contribution in [0.5, 0.6) is 0 Å². The summed E-state index contributed by atoms with van der Waals surface area (Å²) >= 11 is 0. The minimum Gasteiger partial charge on any atom is -0.304 e. The lowest BCUT2D eigenvalue weighted by molar-refractivity contribution is -0.114. The lowest BCUT2D eigenvalue weighted by Crippen LogP contribution is -2.30. The van der Waals surface area contributed by atoms with Crippen LogP contribution in [-0.2, 0) is 4.79 Å². The molecule has 0 atom stereocenters. The lowest BCUT2D eigenvalue weighted by atomic mass is 10.1. The molecule has 0 radical (unpaired) electrons. The molecule has 0 unspecified atom stereocenters. The standard InChI is InChI=1S/C14H15NO2/c1-3-4-5-9-15-12-10(2)7-6-8-11(12)13(16)14(15)17/h3,6-8H,1,4-5,9H2,2H3. The van der Waals surface area contributed by atoms with E-state index in [-0.39, 0.29) is 5.78 Å². The highest BCUT2D eigenvalue weighted by atomic mass is 16.2. The Kier molecular flexibility index (Phi) is 3.09. The van der Waals surface area contributed by atoms with E-state index in [2.05, 4.69) is 6.58 Å². The third-order valence-corrected chi connectivity index (χ3v) is 2.98. The monoisotopic (exact) mass is 229 g/mol. The predicted molar refractivity (Wildman–Crippen MR) is 67.3 cm³/mol. The molecule has 1 aliphatic rings. The van der Waals surface area contributed by atoms with Crippen LogP contribution < -0.4 is 4.90 Å². The van der Waals surface area contributed by atoms with Gasteiger partial charge in [0.2, 0.25) is 0 Å². The molecule has 0 N–H and O–H groups in total. The molecular weight excluding hydrogens is 214 g/mol. The van der Waals surface area contributed by atoms with Crippen LogP contribution in [-0.4, -0.2) is 18.2 Å². The normalized spacial score (nSPS) is 14.1. The second kappa shape index (κ2) is 4.53. The zero-order valence-corrected chi connectivity index (χ0v) is 9.90. The van der Waals surface area contributed by atoms with Gasteiger partial charge in [0.05, 0.1) is 11.3 Å². The SMILES string of the molecule is C=CCCCN1C(=O)C(=O)c2cccc(C)c21. The minimum absolute atomic E-state index is 0.387. The van der Waals surface area contributed by atoms with Gasteiger partial charge in [0.1, 0.15) is 0 Å². The minimum atomic E-state index is -0.404. The number of hydrogen-bond acceptors (Lipinski definition) is 2. The first-order valence-electron chi connectivity index (χ1n) is 5.73. The van der Waals surface area contributed by atoms with E-state index < -0.39 is 5.91 Å². The Morgan fingerprint density at radius 2 is 2.12 bits per heavy atom. The summed E-state index contributed by atoms with van der Waals surface area (Å²) in [5.74, 6) is -0.791. The molecule has 17 heavy (non-hydrogen) atoms. The average molecular weight is 229 g/mol. The maximum atomic E-state index is 11.9. The fourth-order valence-corrected chi connectivity index (χ4v) is 2.15.